The summed E-state index contributed by atoms with van der Waals surface area (Å²) < 4.78 is 18.7. The summed E-state index contributed by atoms with van der Waals surface area (Å²) in [6.45, 7) is 1.78. The minimum Gasteiger partial charge on any atom is -0.497 e. The zero-order valence-corrected chi connectivity index (χ0v) is 11.8. The highest BCUT2D eigenvalue weighted by molar-refractivity contribution is 6.31. The van der Waals surface area contributed by atoms with E-state index in [-0.39, 0.29) is 5.56 Å². The molecule has 0 fully saturated rings. The van der Waals surface area contributed by atoms with Crippen LogP contribution in [0, 0.1) is 12.7 Å². The summed E-state index contributed by atoms with van der Waals surface area (Å²) in [5.41, 5.74) is 1.24. The lowest BCUT2D eigenvalue weighted by atomic mass is 10.1. The van der Waals surface area contributed by atoms with Crippen LogP contribution in [-0.4, -0.2) is 13.0 Å². The lowest BCUT2D eigenvalue weighted by Crippen LogP contribution is -2.14. The van der Waals surface area contributed by atoms with Gasteiger partial charge in [0.05, 0.1) is 12.7 Å². The van der Waals surface area contributed by atoms with Gasteiger partial charge in [0.2, 0.25) is 0 Å². The van der Waals surface area contributed by atoms with Crippen LogP contribution < -0.4 is 10.1 Å². The quantitative estimate of drug-likeness (QED) is 0.927. The second-order valence-corrected chi connectivity index (χ2v) is 4.62. The van der Waals surface area contributed by atoms with Gasteiger partial charge in [-0.25, -0.2) is 4.39 Å². The van der Waals surface area contributed by atoms with Crippen LogP contribution in [0.25, 0.3) is 0 Å². The molecule has 0 unspecified atom stereocenters. The van der Waals surface area contributed by atoms with Crippen LogP contribution in [-0.2, 0) is 0 Å². The Morgan fingerprint density at radius 1 is 1.30 bits per heavy atom. The molecule has 2 aromatic rings. The van der Waals surface area contributed by atoms with E-state index in [9.17, 15) is 9.18 Å². The van der Waals surface area contributed by atoms with Crippen LogP contribution in [0.5, 0.6) is 5.75 Å². The summed E-state index contributed by atoms with van der Waals surface area (Å²) in [4.78, 5) is 12.1. The van der Waals surface area contributed by atoms with E-state index in [2.05, 4.69) is 5.32 Å². The monoisotopic (exact) mass is 293 g/mol. The van der Waals surface area contributed by atoms with Crippen LogP contribution in [0.3, 0.4) is 0 Å². The van der Waals surface area contributed by atoms with Gasteiger partial charge in [-0.1, -0.05) is 17.7 Å². The Bertz CT molecular complexity index is 658. The van der Waals surface area contributed by atoms with Gasteiger partial charge in [-0.15, -0.1) is 0 Å². The third-order valence-corrected chi connectivity index (χ3v) is 3.35. The molecule has 2 aromatic carbocycles. The molecule has 0 aliphatic rings. The first-order valence-electron chi connectivity index (χ1n) is 5.93. The maximum atomic E-state index is 13.8. The van der Waals surface area contributed by atoms with Crippen molar-refractivity contribution in [2.24, 2.45) is 0 Å². The largest absolute Gasteiger partial charge is 0.497 e. The third-order valence-electron chi connectivity index (χ3n) is 2.94. The molecular weight excluding hydrogens is 281 g/mol. The van der Waals surface area contributed by atoms with Crippen molar-refractivity contribution >= 4 is 23.2 Å². The predicted octanol–water partition coefficient (Wildman–Crippen LogP) is 4.05. The molecule has 0 aromatic heterocycles. The van der Waals surface area contributed by atoms with Gasteiger partial charge < -0.3 is 10.1 Å². The van der Waals surface area contributed by atoms with Crippen LogP contribution in [0.15, 0.2) is 36.4 Å². The first kappa shape index (κ1) is 14.3. The number of anilines is 1. The Morgan fingerprint density at radius 3 is 2.70 bits per heavy atom. The summed E-state index contributed by atoms with van der Waals surface area (Å²) in [5, 5.41) is 3.18. The molecule has 0 aliphatic heterocycles. The van der Waals surface area contributed by atoms with Crippen molar-refractivity contribution in [3.05, 3.63) is 58.4 Å². The highest BCUT2D eigenvalue weighted by Crippen LogP contribution is 2.24. The molecule has 0 saturated carbocycles. The molecule has 0 saturated heterocycles. The van der Waals surface area contributed by atoms with Crippen molar-refractivity contribution in [2.75, 3.05) is 12.4 Å². The summed E-state index contributed by atoms with van der Waals surface area (Å²) in [7, 11) is 1.43. The number of benzene rings is 2. The SMILES string of the molecule is COc1ccc(C(=O)Nc2cccc(Cl)c2C)c(F)c1. The standard InChI is InChI=1S/C15H13ClFNO2/c1-9-12(16)4-3-5-14(9)18-15(19)11-7-6-10(20-2)8-13(11)17/h3-8H,1-2H3,(H,18,19). The van der Waals surface area contributed by atoms with Gasteiger partial charge in [0.25, 0.3) is 5.91 Å². The molecule has 104 valence electrons. The summed E-state index contributed by atoms with van der Waals surface area (Å²) >= 11 is 5.97. The number of halogens is 2. The maximum absolute atomic E-state index is 13.8. The van der Waals surface area contributed by atoms with Gasteiger partial charge >= 0.3 is 0 Å². The topological polar surface area (TPSA) is 38.3 Å². The van der Waals surface area contributed by atoms with E-state index < -0.39 is 11.7 Å². The van der Waals surface area contributed by atoms with E-state index in [0.717, 1.165) is 5.56 Å². The molecule has 20 heavy (non-hydrogen) atoms. The molecule has 1 N–H and O–H groups in total. The fraction of sp³-hybridized carbons (Fsp3) is 0.133. The number of nitrogens with one attached hydrogen (secondary N) is 1. The number of ether oxygens (including phenoxy) is 1. The second kappa shape index (κ2) is 5.92. The number of hydrogen-bond donors (Lipinski definition) is 1. The molecular formula is C15H13ClFNO2. The lowest BCUT2D eigenvalue weighted by Gasteiger charge is -2.10. The molecule has 0 heterocycles. The first-order chi connectivity index (χ1) is 9.52. The number of rotatable bonds is 3. The van der Waals surface area contributed by atoms with Crippen LogP contribution in [0.4, 0.5) is 10.1 Å². The van der Waals surface area contributed by atoms with E-state index in [1.807, 2.05) is 0 Å². The fourth-order valence-electron chi connectivity index (χ4n) is 1.74. The molecule has 2 rings (SSSR count). The third kappa shape index (κ3) is 2.91. The van der Waals surface area contributed by atoms with Crippen molar-refractivity contribution in [1.82, 2.24) is 0 Å². The Balaban J connectivity index is 2.26. The van der Waals surface area contributed by atoms with Gasteiger partial charge in [-0.3, -0.25) is 4.79 Å². The van der Waals surface area contributed by atoms with Gasteiger partial charge in [0, 0.05) is 16.8 Å². The van der Waals surface area contributed by atoms with E-state index in [4.69, 9.17) is 16.3 Å². The summed E-state index contributed by atoms with van der Waals surface area (Å²) in [6.07, 6.45) is 0. The van der Waals surface area contributed by atoms with Gasteiger partial charge in [-0.05, 0) is 36.8 Å². The zero-order valence-electron chi connectivity index (χ0n) is 11.0. The van der Waals surface area contributed by atoms with Crippen molar-refractivity contribution in [3.63, 3.8) is 0 Å². The minimum absolute atomic E-state index is 0.0508. The number of carbonyl (C=O) groups excluding carboxylic acids is 1. The molecule has 3 nitrogen and oxygen atoms in total. The molecule has 0 atom stereocenters. The van der Waals surface area contributed by atoms with E-state index in [1.54, 1.807) is 25.1 Å². The molecule has 0 aliphatic carbocycles. The Labute approximate surface area is 121 Å². The molecule has 0 bridgehead atoms. The van der Waals surface area contributed by atoms with E-state index in [0.29, 0.717) is 16.5 Å². The van der Waals surface area contributed by atoms with Crippen molar-refractivity contribution in [2.45, 2.75) is 6.92 Å². The number of amides is 1. The van der Waals surface area contributed by atoms with E-state index >= 15 is 0 Å². The number of hydrogen-bond acceptors (Lipinski definition) is 2. The Morgan fingerprint density at radius 2 is 2.05 bits per heavy atom. The van der Waals surface area contributed by atoms with Gasteiger partial charge in [-0.2, -0.15) is 0 Å². The average Bonchev–Trinajstić information content (AvgIpc) is 2.43. The smallest absolute Gasteiger partial charge is 0.258 e. The van der Waals surface area contributed by atoms with Crippen molar-refractivity contribution in [1.29, 1.82) is 0 Å². The zero-order chi connectivity index (χ0) is 14.7. The number of carbonyl (C=O) groups is 1. The fourth-order valence-corrected chi connectivity index (χ4v) is 1.91. The highest BCUT2D eigenvalue weighted by Gasteiger charge is 2.14. The minimum atomic E-state index is -0.637. The van der Waals surface area contributed by atoms with Crippen LogP contribution >= 0.6 is 11.6 Å². The lowest BCUT2D eigenvalue weighted by molar-refractivity contribution is 0.102. The molecule has 1 amide bonds. The summed E-state index contributed by atoms with van der Waals surface area (Å²) in [5.74, 6) is -0.810. The molecule has 5 heteroatoms. The van der Waals surface area contributed by atoms with Crippen LogP contribution in [0.1, 0.15) is 15.9 Å². The summed E-state index contributed by atoms with van der Waals surface area (Å²) in [6, 6.07) is 9.22. The Kier molecular flexibility index (Phi) is 4.25. The first-order valence-corrected chi connectivity index (χ1v) is 6.30. The number of methoxy groups -OCH3 is 1. The van der Waals surface area contributed by atoms with Gasteiger partial charge in [0.15, 0.2) is 0 Å². The van der Waals surface area contributed by atoms with Crippen molar-refractivity contribution in [3.8, 4) is 5.75 Å². The second-order valence-electron chi connectivity index (χ2n) is 4.21. The maximum Gasteiger partial charge on any atom is 0.258 e. The normalized spacial score (nSPS) is 10.2. The van der Waals surface area contributed by atoms with Crippen LogP contribution in [0.2, 0.25) is 5.02 Å². The Hall–Kier alpha value is -2.07. The molecule has 0 radical (unpaired) electrons. The van der Waals surface area contributed by atoms with Crippen molar-refractivity contribution < 1.29 is 13.9 Å². The molecule has 0 spiro atoms. The van der Waals surface area contributed by atoms with Gasteiger partial charge in [0.1, 0.15) is 11.6 Å². The van der Waals surface area contributed by atoms with E-state index in [1.165, 1.54) is 25.3 Å². The predicted molar refractivity (Wildman–Crippen MR) is 77.1 cm³/mol. The average molecular weight is 294 g/mol. The highest BCUT2D eigenvalue weighted by atomic mass is 35.5.